The molecular weight excluding hydrogens is 368 g/mol. The van der Waals surface area contributed by atoms with Gasteiger partial charge in [0.1, 0.15) is 17.5 Å². The maximum atomic E-state index is 12.8. The number of anilines is 1. The highest BCUT2D eigenvalue weighted by Gasteiger charge is 2.40. The van der Waals surface area contributed by atoms with Gasteiger partial charge in [-0.05, 0) is 61.1 Å². The molecule has 1 aliphatic heterocycles. The Balaban J connectivity index is 1.48. The molecule has 0 N–H and O–H groups in total. The van der Waals surface area contributed by atoms with E-state index in [4.69, 9.17) is 17.0 Å². The number of hydrogen-bond donors (Lipinski definition) is 0. The molecule has 4 nitrogen and oxygen atoms in total. The Morgan fingerprint density at radius 2 is 1.43 bits per heavy atom. The monoisotopic (exact) mass is 388 g/mol. The van der Waals surface area contributed by atoms with Crippen LogP contribution in [0.4, 0.5) is 5.69 Å². The molecule has 1 aliphatic rings. The third-order valence-electron chi connectivity index (χ3n) is 4.75. The normalized spacial score (nSPS) is 16.5. The highest BCUT2D eigenvalue weighted by molar-refractivity contribution is 7.80. The van der Waals surface area contributed by atoms with E-state index in [-0.39, 0.29) is 11.9 Å². The van der Waals surface area contributed by atoms with E-state index in [0.717, 1.165) is 22.7 Å². The SMILES string of the molecule is CC1C(=O)N(c2ccccc2)C(=S)N1Cc1ccc(Oc2ccccc2)cc1. The van der Waals surface area contributed by atoms with Gasteiger partial charge >= 0.3 is 0 Å². The summed E-state index contributed by atoms with van der Waals surface area (Å²) in [6, 6.07) is 26.8. The van der Waals surface area contributed by atoms with Crippen LogP contribution in [0.15, 0.2) is 84.9 Å². The van der Waals surface area contributed by atoms with E-state index in [1.54, 1.807) is 4.90 Å². The lowest BCUT2D eigenvalue weighted by Gasteiger charge is -2.22. The van der Waals surface area contributed by atoms with E-state index in [2.05, 4.69) is 0 Å². The van der Waals surface area contributed by atoms with Crippen LogP contribution in [-0.2, 0) is 11.3 Å². The van der Waals surface area contributed by atoms with Gasteiger partial charge in [0, 0.05) is 6.54 Å². The van der Waals surface area contributed by atoms with Gasteiger partial charge in [0.25, 0.3) is 5.91 Å². The quantitative estimate of drug-likeness (QED) is 0.576. The zero-order valence-corrected chi connectivity index (χ0v) is 16.3. The minimum Gasteiger partial charge on any atom is -0.457 e. The van der Waals surface area contributed by atoms with E-state index in [1.165, 1.54) is 0 Å². The molecule has 1 saturated heterocycles. The molecule has 1 fully saturated rings. The molecule has 4 rings (SSSR count). The molecule has 1 amide bonds. The largest absolute Gasteiger partial charge is 0.457 e. The standard InChI is InChI=1S/C23H20N2O2S/c1-17-22(26)25(19-8-4-2-5-9-19)23(28)24(17)16-18-12-14-21(15-13-18)27-20-10-6-3-7-11-20/h2-15,17H,16H2,1H3. The number of para-hydroxylation sites is 2. The molecule has 0 aliphatic carbocycles. The summed E-state index contributed by atoms with van der Waals surface area (Å²) in [6.45, 7) is 2.46. The molecule has 1 atom stereocenters. The van der Waals surface area contributed by atoms with Crippen molar-refractivity contribution in [3.05, 3.63) is 90.5 Å². The summed E-state index contributed by atoms with van der Waals surface area (Å²) < 4.78 is 5.84. The number of rotatable bonds is 5. The minimum absolute atomic E-state index is 0.000214. The first kappa shape index (κ1) is 18.2. The number of hydrogen-bond acceptors (Lipinski definition) is 3. The van der Waals surface area contributed by atoms with Crippen LogP contribution in [0.5, 0.6) is 11.5 Å². The van der Waals surface area contributed by atoms with Crippen LogP contribution < -0.4 is 9.64 Å². The van der Waals surface area contributed by atoms with Gasteiger partial charge < -0.3 is 9.64 Å². The van der Waals surface area contributed by atoms with Crippen LogP contribution >= 0.6 is 12.2 Å². The molecule has 0 aromatic heterocycles. The van der Waals surface area contributed by atoms with Crippen molar-refractivity contribution in [3.63, 3.8) is 0 Å². The first-order chi connectivity index (χ1) is 13.6. The molecule has 0 bridgehead atoms. The topological polar surface area (TPSA) is 32.8 Å². The molecule has 1 unspecified atom stereocenters. The predicted molar refractivity (Wildman–Crippen MR) is 114 cm³/mol. The summed E-state index contributed by atoms with van der Waals surface area (Å²) in [6.07, 6.45) is 0. The van der Waals surface area contributed by atoms with Gasteiger partial charge in [-0.15, -0.1) is 0 Å². The Kier molecular flexibility index (Phi) is 5.08. The molecule has 1 heterocycles. The number of thiocarbonyl (C=S) groups is 1. The van der Waals surface area contributed by atoms with Gasteiger partial charge in [-0.2, -0.15) is 0 Å². The van der Waals surface area contributed by atoms with E-state index >= 15 is 0 Å². The van der Waals surface area contributed by atoms with E-state index in [0.29, 0.717) is 11.7 Å². The van der Waals surface area contributed by atoms with Crippen molar-refractivity contribution < 1.29 is 9.53 Å². The zero-order chi connectivity index (χ0) is 19.5. The molecule has 140 valence electrons. The lowest BCUT2D eigenvalue weighted by molar-refractivity contribution is -0.119. The zero-order valence-electron chi connectivity index (χ0n) is 15.5. The Labute approximate surface area is 170 Å². The number of benzene rings is 3. The molecule has 0 radical (unpaired) electrons. The molecule has 3 aromatic rings. The van der Waals surface area contributed by atoms with Crippen molar-refractivity contribution >= 4 is 28.9 Å². The lowest BCUT2D eigenvalue weighted by Crippen LogP contribution is -2.33. The Morgan fingerprint density at radius 1 is 0.857 bits per heavy atom. The van der Waals surface area contributed by atoms with Gasteiger partial charge in [-0.3, -0.25) is 9.69 Å². The maximum Gasteiger partial charge on any atom is 0.255 e. The first-order valence-electron chi connectivity index (χ1n) is 9.15. The number of amides is 1. The van der Waals surface area contributed by atoms with Crippen molar-refractivity contribution in [1.29, 1.82) is 0 Å². The summed E-state index contributed by atoms with van der Waals surface area (Å²) in [4.78, 5) is 16.3. The Hall–Kier alpha value is -3.18. The van der Waals surface area contributed by atoms with Crippen molar-refractivity contribution in [3.8, 4) is 11.5 Å². The number of carbonyl (C=O) groups excluding carboxylic acids is 1. The summed E-state index contributed by atoms with van der Waals surface area (Å²) in [5, 5.41) is 0.535. The van der Waals surface area contributed by atoms with E-state index in [1.807, 2.05) is 96.8 Å². The highest BCUT2D eigenvalue weighted by Crippen LogP contribution is 2.27. The van der Waals surface area contributed by atoms with Crippen LogP contribution in [-0.4, -0.2) is 22.0 Å². The van der Waals surface area contributed by atoms with E-state index < -0.39 is 0 Å². The molecule has 5 heteroatoms. The third-order valence-corrected chi connectivity index (χ3v) is 5.17. The average molecular weight is 388 g/mol. The van der Waals surface area contributed by atoms with Crippen molar-refractivity contribution in [2.75, 3.05) is 4.90 Å². The van der Waals surface area contributed by atoms with Gasteiger partial charge in [0.15, 0.2) is 5.11 Å². The minimum atomic E-state index is -0.298. The molecular formula is C23H20N2O2S. The number of ether oxygens (including phenoxy) is 1. The van der Waals surface area contributed by atoms with Crippen LogP contribution in [0.2, 0.25) is 0 Å². The second-order valence-electron chi connectivity index (χ2n) is 6.65. The Morgan fingerprint density at radius 3 is 2.07 bits per heavy atom. The van der Waals surface area contributed by atoms with Crippen LogP contribution in [0.25, 0.3) is 0 Å². The predicted octanol–water partition coefficient (Wildman–Crippen LogP) is 5.00. The highest BCUT2D eigenvalue weighted by atomic mass is 32.1. The molecule has 0 saturated carbocycles. The molecule has 3 aromatic carbocycles. The fourth-order valence-electron chi connectivity index (χ4n) is 3.21. The molecule has 28 heavy (non-hydrogen) atoms. The summed E-state index contributed by atoms with van der Waals surface area (Å²) in [7, 11) is 0. The smallest absolute Gasteiger partial charge is 0.255 e. The number of nitrogens with zero attached hydrogens (tertiary/aromatic N) is 2. The van der Waals surface area contributed by atoms with Gasteiger partial charge in [0.2, 0.25) is 0 Å². The number of carbonyl (C=O) groups is 1. The first-order valence-corrected chi connectivity index (χ1v) is 9.56. The van der Waals surface area contributed by atoms with Gasteiger partial charge in [-0.1, -0.05) is 48.5 Å². The summed E-state index contributed by atoms with van der Waals surface area (Å²) >= 11 is 5.62. The van der Waals surface area contributed by atoms with Gasteiger partial charge in [0.05, 0.1) is 5.69 Å². The van der Waals surface area contributed by atoms with Crippen LogP contribution in [0.3, 0.4) is 0 Å². The maximum absolute atomic E-state index is 12.8. The second-order valence-corrected chi connectivity index (χ2v) is 7.02. The van der Waals surface area contributed by atoms with E-state index in [9.17, 15) is 4.79 Å². The van der Waals surface area contributed by atoms with Crippen LogP contribution in [0.1, 0.15) is 12.5 Å². The third kappa shape index (κ3) is 3.62. The fraction of sp³-hybridized carbons (Fsp3) is 0.130. The Bertz CT molecular complexity index is 975. The lowest BCUT2D eigenvalue weighted by atomic mass is 10.2. The average Bonchev–Trinajstić information content (AvgIpc) is 2.94. The fourth-order valence-corrected chi connectivity index (χ4v) is 3.63. The van der Waals surface area contributed by atoms with Crippen molar-refractivity contribution in [2.45, 2.75) is 19.5 Å². The van der Waals surface area contributed by atoms with Crippen molar-refractivity contribution in [1.82, 2.24) is 4.90 Å². The van der Waals surface area contributed by atoms with Crippen LogP contribution in [0, 0.1) is 0 Å². The second kappa shape index (κ2) is 7.82. The van der Waals surface area contributed by atoms with Crippen molar-refractivity contribution in [2.24, 2.45) is 0 Å². The molecule has 0 spiro atoms. The summed E-state index contributed by atoms with van der Waals surface area (Å²) in [5.74, 6) is 1.57. The summed E-state index contributed by atoms with van der Waals surface area (Å²) in [5.41, 5.74) is 1.87. The van der Waals surface area contributed by atoms with Gasteiger partial charge in [-0.25, -0.2) is 0 Å².